The Morgan fingerprint density at radius 2 is 1.56 bits per heavy atom. The van der Waals surface area contributed by atoms with E-state index in [1.165, 1.54) is 0 Å². The minimum Gasteiger partial charge on any atom is -0.379 e. The summed E-state index contributed by atoms with van der Waals surface area (Å²) in [5.74, 6) is -1.13. The van der Waals surface area contributed by atoms with Crippen LogP contribution in [0.1, 0.15) is 79.7 Å². The Hall–Kier alpha value is -3.02. The van der Waals surface area contributed by atoms with Gasteiger partial charge in [-0.25, -0.2) is 0 Å². The van der Waals surface area contributed by atoms with Crippen LogP contribution in [-0.2, 0) is 35.1 Å². The van der Waals surface area contributed by atoms with Gasteiger partial charge in [0.1, 0.15) is 6.04 Å². The molecular weight excluding hydrogens is 634 g/mol. The van der Waals surface area contributed by atoms with E-state index in [2.05, 4.69) is 24.5 Å². The molecule has 1 aromatic rings. The first kappa shape index (κ1) is 43.1. The maximum absolute atomic E-state index is 14.2. The van der Waals surface area contributed by atoms with Gasteiger partial charge < -0.3 is 29.9 Å². The first-order chi connectivity index (χ1) is 23.6. The Kier molecular flexibility index (Phi) is 17.9. The number of nitrogens with zero attached hydrogens (tertiary/aromatic N) is 3. The highest BCUT2D eigenvalue weighted by Gasteiger charge is 2.43. The number of methoxy groups -OCH3 is 2. The van der Waals surface area contributed by atoms with Crippen LogP contribution in [0.5, 0.6) is 0 Å². The lowest BCUT2D eigenvalue weighted by atomic mass is 9.89. The predicted octanol–water partition coefficient (Wildman–Crippen LogP) is 3.99. The molecule has 0 aliphatic carbocycles. The number of rotatable bonds is 20. The number of likely N-dealkylation sites (N-methyl/N-ethyl adjacent to an activating group) is 2. The molecule has 1 aliphatic heterocycles. The van der Waals surface area contributed by atoms with E-state index >= 15 is 0 Å². The van der Waals surface area contributed by atoms with E-state index in [4.69, 9.17) is 9.47 Å². The molecule has 4 amide bonds. The highest BCUT2D eigenvalue weighted by Crippen LogP contribution is 2.29. The van der Waals surface area contributed by atoms with Gasteiger partial charge in [-0.1, -0.05) is 85.2 Å². The van der Waals surface area contributed by atoms with Gasteiger partial charge in [-0.3, -0.25) is 24.1 Å². The molecule has 8 atom stereocenters. The Balaban J connectivity index is 2.21. The molecule has 11 heteroatoms. The van der Waals surface area contributed by atoms with Gasteiger partial charge >= 0.3 is 0 Å². The maximum atomic E-state index is 14.2. The highest BCUT2D eigenvalue weighted by atomic mass is 16.5. The Bertz CT molecular complexity index is 1200. The van der Waals surface area contributed by atoms with Crippen molar-refractivity contribution in [3.8, 4) is 0 Å². The fraction of sp³-hybridized carbons (Fsp3) is 0.744. The van der Waals surface area contributed by atoms with E-state index < -0.39 is 30.2 Å². The number of benzene rings is 1. The summed E-state index contributed by atoms with van der Waals surface area (Å²) in [5.41, 5.74) is 1.15. The lowest BCUT2D eigenvalue weighted by molar-refractivity contribution is -0.148. The summed E-state index contributed by atoms with van der Waals surface area (Å²) in [6, 6.07) is 8.23. The molecule has 2 N–H and O–H groups in total. The number of carbonyl (C=O) groups is 4. The number of carbonyl (C=O) groups excluding carboxylic acids is 4. The monoisotopic (exact) mass is 702 g/mol. The van der Waals surface area contributed by atoms with Gasteiger partial charge in [0.05, 0.1) is 42.7 Å². The summed E-state index contributed by atoms with van der Waals surface area (Å²) < 4.78 is 11.9. The van der Waals surface area contributed by atoms with Crippen molar-refractivity contribution in [3.63, 3.8) is 0 Å². The van der Waals surface area contributed by atoms with Crippen molar-refractivity contribution in [1.82, 2.24) is 25.3 Å². The molecule has 0 radical (unpaired) electrons. The van der Waals surface area contributed by atoms with Crippen LogP contribution in [0.2, 0.25) is 0 Å². The van der Waals surface area contributed by atoms with Crippen LogP contribution in [-0.4, -0.2) is 123 Å². The van der Waals surface area contributed by atoms with Gasteiger partial charge in [0, 0.05) is 34.4 Å². The van der Waals surface area contributed by atoms with Crippen LogP contribution in [0, 0.1) is 23.7 Å². The van der Waals surface area contributed by atoms with E-state index in [9.17, 15) is 19.2 Å². The van der Waals surface area contributed by atoms with Crippen molar-refractivity contribution in [1.29, 1.82) is 0 Å². The van der Waals surface area contributed by atoms with Crippen LogP contribution >= 0.6 is 0 Å². The maximum Gasteiger partial charge on any atom is 0.245 e. The minimum atomic E-state index is -0.737. The Labute approximate surface area is 302 Å². The molecule has 284 valence electrons. The zero-order valence-electron chi connectivity index (χ0n) is 32.9. The third-order valence-corrected chi connectivity index (χ3v) is 10.5. The Morgan fingerprint density at radius 1 is 0.920 bits per heavy atom. The van der Waals surface area contributed by atoms with Crippen molar-refractivity contribution in [2.24, 2.45) is 23.7 Å². The molecular formula is C39H67N5O6. The van der Waals surface area contributed by atoms with E-state index in [0.717, 1.165) is 31.2 Å². The van der Waals surface area contributed by atoms with Crippen molar-refractivity contribution >= 4 is 23.6 Å². The highest BCUT2D eigenvalue weighted by molar-refractivity contribution is 5.90. The van der Waals surface area contributed by atoms with Crippen molar-refractivity contribution in [3.05, 3.63) is 35.9 Å². The molecule has 0 bridgehead atoms. The number of amides is 4. The molecule has 0 spiro atoms. The predicted molar refractivity (Wildman–Crippen MR) is 198 cm³/mol. The SMILES string of the molecule is CC[C@@H](C)[C@@H]([C@@H](CC(=O)N1CCC[C@@H]1[C@H](OC)[C@@H](C)C(=O)NCCc1ccccc1)OC)N(C)C(=O)[C@@H](NC(=O)[C@H](C(C)C)N(C)C)C(C)C. The van der Waals surface area contributed by atoms with Gasteiger partial charge in [0.25, 0.3) is 0 Å². The average Bonchev–Trinajstić information content (AvgIpc) is 3.56. The quantitative estimate of drug-likeness (QED) is 0.211. The van der Waals surface area contributed by atoms with Crippen molar-refractivity contribution in [2.45, 2.75) is 117 Å². The van der Waals surface area contributed by atoms with Gasteiger partial charge in [-0.2, -0.15) is 0 Å². The fourth-order valence-corrected chi connectivity index (χ4v) is 7.55. The Morgan fingerprint density at radius 3 is 2.08 bits per heavy atom. The van der Waals surface area contributed by atoms with Gasteiger partial charge in [-0.15, -0.1) is 0 Å². The second-order valence-corrected chi connectivity index (χ2v) is 15.0. The smallest absolute Gasteiger partial charge is 0.245 e. The summed E-state index contributed by atoms with van der Waals surface area (Å²) in [6.07, 6.45) is 2.06. The molecule has 0 saturated carbocycles. The summed E-state index contributed by atoms with van der Waals surface area (Å²) in [5, 5.41) is 6.09. The summed E-state index contributed by atoms with van der Waals surface area (Å²) >= 11 is 0. The lowest BCUT2D eigenvalue weighted by Crippen LogP contribution is -2.59. The van der Waals surface area contributed by atoms with E-state index in [1.807, 2.05) is 88.8 Å². The molecule has 1 heterocycles. The standard InChI is InChI=1S/C39H67N5O6/c1-13-27(6)35(43(10)39(48)33(25(2)3)41-38(47)34(26(4)5)42(8)9)31(49-11)24-32(45)44-23-17-20-30(44)36(50-12)28(7)37(46)40-22-21-29-18-15-14-16-19-29/h14-16,18-19,25-28,30-31,33-36H,13,17,20-24H2,1-12H3,(H,40,46)(H,41,47)/t27-,28-,30-,31-,33+,34+,35+,36-/m1/s1. The number of hydrogen-bond acceptors (Lipinski definition) is 7. The first-order valence-electron chi connectivity index (χ1n) is 18.5. The molecule has 0 unspecified atom stereocenters. The van der Waals surface area contributed by atoms with E-state index in [1.54, 1.807) is 26.2 Å². The largest absolute Gasteiger partial charge is 0.379 e. The second-order valence-electron chi connectivity index (χ2n) is 15.0. The third-order valence-electron chi connectivity index (χ3n) is 10.5. The summed E-state index contributed by atoms with van der Waals surface area (Å²) in [6.45, 7) is 14.9. The molecule has 1 aliphatic rings. The number of nitrogens with one attached hydrogen (secondary N) is 2. The number of hydrogen-bond donors (Lipinski definition) is 2. The van der Waals surface area contributed by atoms with E-state index in [-0.39, 0.29) is 59.9 Å². The van der Waals surface area contributed by atoms with Crippen LogP contribution in [0.25, 0.3) is 0 Å². The fourth-order valence-electron chi connectivity index (χ4n) is 7.55. The molecule has 1 fully saturated rings. The number of likely N-dealkylation sites (tertiary alicyclic amines) is 1. The lowest BCUT2D eigenvalue weighted by Gasteiger charge is -2.41. The van der Waals surface area contributed by atoms with Crippen molar-refractivity contribution in [2.75, 3.05) is 48.5 Å². The molecule has 11 nitrogen and oxygen atoms in total. The molecule has 0 aromatic heterocycles. The molecule has 2 rings (SSSR count). The van der Waals surface area contributed by atoms with Crippen molar-refractivity contribution < 1.29 is 28.7 Å². The van der Waals surface area contributed by atoms with E-state index in [0.29, 0.717) is 13.1 Å². The van der Waals surface area contributed by atoms with Crippen LogP contribution in [0.15, 0.2) is 30.3 Å². The topological polar surface area (TPSA) is 121 Å². The summed E-state index contributed by atoms with van der Waals surface area (Å²) in [4.78, 5) is 60.3. The minimum absolute atomic E-state index is 0.0103. The average molecular weight is 702 g/mol. The zero-order valence-corrected chi connectivity index (χ0v) is 32.9. The normalized spacial score (nSPS) is 19.1. The third kappa shape index (κ3) is 11.5. The summed E-state index contributed by atoms with van der Waals surface area (Å²) in [7, 11) is 8.66. The molecule has 1 saturated heterocycles. The molecule has 50 heavy (non-hydrogen) atoms. The first-order valence-corrected chi connectivity index (χ1v) is 18.5. The van der Waals surface area contributed by atoms with Crippen LogP contribution in [0.3, 0.4) is 0 Å². The van der Waals surface area contributed by atoms with Gasteiger partial charge in [0.15, 0.2) is 0 Å². The second kappa shape index (κ2) is 20.7. The number of ether oxygens (including phenoxy) is 2. The zero-order chi connectivity index (χ0) is 37.7. The molecule has 1 aromatic carbocycles. The van der Waals surface area contributed by atoms with Crippen LogP contribution in [0.4, 0.5) is 0 Å². The van der Waals surface area contributed by atoms with Crippen LogP contribution < -0.4 is 10.6 Å². The van der Waals surface area contributed by atoms with Gasteiger partial charge in [-0.05, 0) is 56.7 Å². The van der Waals surface area contributed by atoms with Gasteiger partial charge in [0.2, 0.25) is 23.6 Å².